The van der Waals surface area contributed by atoms with Crippen LogP contribution in [0.3, 0.4) is 0 Å². The summed E-state index contributed by atoms with van der Waals surface area (Å²) in [5, 5.41) is 8.10. The zero-order valence-corrected chi connectivity index (χ0v) is 13.0. The Balaban J connectivity index is 2.39. The first-order valence-electron chi connectivity index (χ1n) is 7.47. The van der Waals surface area contributed by atoms with Gasteiger partial charge in [-0.1, -0.05) is 38.1 Å². The van der Waals surface area contributed by atoms with Crippen molar-refractivity contribution in [1.29, 1.82) is 0 Å². The molecule has 0 amide bonds. The second-order valence-corrected chi connectivity index (χ2v) is 5.19. The molecule has 108 valence electrons. The van der Waals surface area contributed by atoms with Gasteiger partial charge in [0.1, 0.15) is 0 Å². The monoisotopic (exact) mass is 271 g/mol. The van der Waals surface area contributed by atoms with Crippen LogP contribution in [0, 0.1) is 6.92 Å². The molecule has 3 heteroatoms. The second kappa shape index (κ2) is 6.71. The highest BCUT2D eigenvalue weighted by Crippen LogP contribution is 2.18. The van der Waals surface area contributed by atoms with Gasteiger partial charge in [-0.05, 0) is 37.9 Å². The Morgan fingerprint density at radius 1 is 1.15 bits per heavy atom. The topological polar surface area (TPSA) is 29.9 Å². The largest absolute Gasteiger partial charge is 0.316 e. The molecule has 0 aliphatic carbocycles. The smallest absolute Gasteiger partial charge is 0.0669 e. The van der Waals surface area contributed by atoms with E-state index >= 15 is 0 Å². The number of nitrogens with zero attached hydrogens (tertiary/aromatic N) is 2. The number of rotatable bonds is 6. The van der Waals surface area contributed by atoms with Crippen LogP contribution in [0.4, 0.5) is 0 Å². The molecule has 0 fully saturated rings. The van der Waals surface area contributed by atoms with Crippen molar-refractivity contribution in [3.05, 3.63) is 52.3 Å². The van der Waals surface area contributed by atoms with E-state index in [4.69, 9.17) is 5.10 Å². The van der Waals surface area contributed by atoms with Crippen LogP contribution in [-0.4, -0.2) is 16.8 Å². The fourth-order valence-corrected chi connectivity index (χ4v) is 2.73. The minimum absolute atomic E-state index is 0.868. The maximum Gasteiger partial charge on any atom is 0.0669 e. The van der Waals surface area contributed by atoms with Crippen LogP contribution in [0.15, 0.2) is 24.3 Å². The van der Waals surface area contributed by atoms with Crippen molar-refractivity contribution in [1.82, 2.24) is 15.1 Å². The maximum absolute atomic E-state index is 4.83. The first kappa shape index (κ1) is 14.8. The summed E-state index contributed by atoms with van der Waals surface area (Å²) < 4.78 is 2.19. The highest BCUT2D eigenvalue weighted by molar-refractivity contribution is 5.30. The third kappa shape index (κ3) is 2.93. The Bertz CT molecular complexity index is 570. The van der Waals surface area contributed by atoms with Crippen molar-refractivity contribution in [2.75, 3.05) is 7.05 Å². The third-order valence-electron chi connectivity index (χ3n) is 3.85. The van der Waals surface area contributed by atoms with Gasteiger partial charge in [0.2, 0.25) is 0 Å². The first-order chi connectivity index (χ1) is 9.71. The quantitative estimate of drug-likeness (QED) is 0.875. The van der Waals surface area contributed by atoms with Gasteiger partial charge in [0.25, 0.3) is 0 Å². The molecule has 1 aromatic carbocycles. The number of aryl methyl sites for hydroxylation is 2. The van der Waals surface area contributed by atoms with E-state index in [-0.39, 0.29) is 0 Å². The lowest BCUT2D eigenvalue weighted by Gasteiger charge is -2.10. The lowest BCUT2D eigenvalue weighted by Crippen LogP contribution is -2.11. The van der Waals surface area contributed by atoms with Crippen LogP contribution in [0.5, 0.6) is 0 Å². The summed E-state index contributed by atoms with van der Waals surface area (Å²) in [6.45, 7) is 8.33. The molecule has 20 heavy (non-hydrogen) atoms. The van der Waals surface area contributed by atoms with Crippen LogP contribution in [0.2, 0.25) is 0 Å². The fraction of sp³-hybridized carbons (Fsp3) is 0.471. The summed E-state index contributed by atoms with van der Waals surface area (Å²) in [6.07, 6.45) is 2.01. The van der Waals surface area contributed by atoms with Gasteiger partial charge >= 0.3 is 0 Å². The number of hydrogen-bond donors (Lipinski definition) is 1. The Labute approximate surface area is 122 Å². The van der Waals surface area contributed by atoms with Crippen LogP contribution < -0.4 is 5.32 Å². The van der Waals surface area contributed by atoms with E-state index in [0.717, 1.165) is 25.9 Å². The molecule has 0 bridgehead atoms. The predicted molar refractivity (Wildman–Crippen MR) is 84.0 cm³/mol. The Morgan fingerprint density at radius 3 is 2.50 bits per heavy atom. The van der Waals surface area contributed by atoms with E-state index in [1.807, 2.05) is 7.05 Å². The highest BCUT2D eigenvalue weighted by Gasteiger charge is 2.15. The van der Waals surface area contributed by atoms with E-state index in [0.29, 0.717) is 0 Å². The minimum Gasteiger partial charge on any atom is -0.316 e. The van der Waals surface area contributed by atoms with Gasteiger partial charge < -0.3 is 5.32 Å². The van der Waals surface area contributed by atoms with Crippen LogP contribution >= 0.6 is 0 Å². The number of nitrogens with one attached hydrogen (secondary N) is 1. The molecule has 0 saturated heterocycles. The molecular weight excluding hydrogens is 246 g/mol. The molecule has 0 saturated carbocycles. The Morgan fingerprint density at radius 2 is 1.90 bits per heavy atom. The lowest BCUT2D eigenvalue weighted by molar-refractivity contribution is 0.636. The molecule has 0 atom stereocenters. The van der Waals surface area contributed by atoms with Crippen molar-refractivity contribution in [3.8, 4) is 0 Å². The molecule has 1 aromatic heterocycles. The number of aromatic nitrogens is 2. The molecule has 3 nitrogen and oxygen atoms in total. The molecule has 2 rings (SSSR count). The third-order valence-corrected chi connectivity index (χ3v) is 3.85. The van der Waals surface area contributed by atoms with Gasteiger partial charge in [0.15, 0.2) is 0 Å². The molecule has 0 spiro atoms. The highest BCUT2D eigenvalue weighted by atomic mass is 15.3. The van der Waals surface area contributed by atoms with E-state index in [1.54, 1.807) is 0 Å². The van der Waals surface area contributed by atoms with Gasteiger partial charge in [-0.2, -0.15) is 5.10 Å². The summed E-state index contributed by atoms with van der Waals surface area (Å²) in [5.74, 6) is 0. The standard InChI is InChI=1S/C17H25N3/c1-5-16-15(11-18-4)17(6-2)20(19-16)12-14-10-8-7-9-13(14)3/h7-10,18H,5-6,11-12H2,1-4H3. The Kier molecular flexibility index (Phi) is 4.96. The molecule has 0 aliphatic rings. The van der Waals surface area contributed by atoms with Crippen LogP contribution in [-0.2, 0) is 25.9 Å². The van der Waals surface area contributed by atoms with Crippen molar-refractivity contribution >= 4 is 0 Å². The van der Waals surface area contributed by atoms with Gasteiger partial charge in [-0.3, -0.25) is 4.68 Å². The fourth-order valence-electron chi connectivity index (χ4n) is 2.73. The summed E-state index contributed by atoms with van der Waals surface area (Å²) in [4.78, 5) is 0. The van der Waals surface area contributed by atoms with Crippen molar-refractivity contribution in [3.63, 3.8) is 0 Å². The Hall–Kier alpha value is -1.61. The molecule has 0 aliphatic heterocycles. The zero-order chi connectivity index (χ0) is 14.5. The van der Waals surface area contributed by atoms with E-state index in [1.165, 1.54) is 28.1 Å². The van der Waals surface area contributed by atoms with Gasteiger partial charge in [-0.25, -0.2) is 0 Å². The SMILES string of the molecule is CCc1nn(Cc2ccccc2C)c(CC)c1CNC. The summed E-state index contributed by atoms with van der Waals surface area (Å²) in [7, 11) is 2.00. The zero-order valence-electron chi connectivity index (χ0n) is 13.0. The number of benzene rings is 1. The minimum atomic E-state index is 0.868. The van der Waals surface area contributed by atoms with Gasteiger partial charge in [0, 0.05) is 17.8 Å². The first-order valence-corrected chi connectivity index (χ1v) is 7.47. The van der Waals surface area contributed by atoms with Gasteiger partial charge in [0.05, 0.1) is 12.2 Å². The van der Waals surface area contributed by atoms with Crippen LogP contribution in [0.1, 0.15) is 41.9 Å². The number of hydrogen-bond acceptors (Lipinski definition) is 2. The molecule has 2 aromatic rings. The molecule has 0 radical (unpaired) electrons. The molecule has 0 unspecified atom stereocenters. The maximum atomic E-state index is 4.83. The summed E-state index contributed by atoms with van der Waals surface area (Å²) >= 11 is 0. The van der Waals surface area contributed by atoms with Crippen molar-refractivity contribution < 1.29 is 0 Å². The predicted octanol–water partition coefficient (Wildman–Crippen LogP) is 3.08. The van der Waals surface area contributed by atoms with Gasteiger partial charge in [-0.15, -0.1) is 0 Å². The van der Waals surface area contributed by atoms with E-state index in [2.05, 4.69) is 55.0 Å². The van der Waals surface area contributed by atoms with Crippen molar-refractivity contribution in [2.24, 2.45) is 0 Å². The average Bonchev–Trinajstić information content (AvgIpc) is 2.79. The van der Waals surface area contributed by atoms with Crippen molar-refractivity contribution in [2.45, 2.75) is 46.7 Å². The van der Waals surface area contributed by atoms with E-state index in [9.17, 15) is 0 Å². The van der Waals surface area contributed by atoms with Crippen LogP contribution in [0.25, 0.3) is 0 Å². The summed E-state index contributed by atoms with van der Waals surface area (Å²) in [6, 6.07) is 8.55. The summed E-state index contributed by atoms with van der Waals surface area (Å²) in [5.41, 5.74) is 6.65. The molecular formula is C17H25N3. The molecule has 1 N–H and O–H groups in total. The average molecular weight is 271 g/mol. The lowest BCUT2D eigenvalue weighted by atomic mass is 10.1. The molecule has 1 heterocycles. The normalized spacial score (nSPS) is 11.0. The van der Waals surface area contributed by atoms with E-state index < -0.39 is 0 Å². The second-order valence-electron chi connectivity index (χ2n) is 5.19.